The molecule has 1 aliphatic rings. The molecule has 0 saturated heterocycles. The Kier molecular flexibility index (Phi) is 5.63. The maximum absolute atomic E-state index is 12.5. The normalized spacial score (nSPS) is 17.6. The molecule has 0 saturated carbocycles. The third kappa shape index (κ3) is 3.89. The molecule has 2 atom stereocenters. The number of hydrogen-bond acceptors (Lipinski definition) is 5. The molecule has 0 bridgehead atoms. The third-order valence-corrected chi connectivity index (χ3v) is 5.97. The Morgan fingerprint density at radius 2 is 2.19 bits per heavy atom. The minimum Gasteiger partial charge on any atom is -0.469 e. The molecule has 6 nitrogen and oxygen atoms in total. The maximum Gasteiger partial charge on any atom is 0.311 e. The van der Waals surface area contributed by atoms with Crippen LogP contribution in [-0.2, 0) is 28.9 Å². The van der Waals surface area contributed by atoms with Crippen LogP contribution in [-0.4, -0.2) is 33.3 Å². The highest BCUT2D eigenvalue weighted by molar-refractivity contribution is 5.77. The summed E-state index contributed by atoms with van der Waals surface area (Å²) in [5.74, 6) is 1.13. The Balaban J connectivity index is 1.90. The van der Waals surface area contributed by atoms with E-state index in [1.165, 1.54) is 30.2 Å². The quantitative estimate of drug-likeness (QED) is 0.696. The molecule has 0 fully saturated rings. The molecule has 0 spiro atoms. The van der Waals surface area contributed by atoms with Gasteiger partial charge in [-0.3, -0.25) is 4.79 Å². The lowest BCUT2D eigenvalue weighted by atomic mass is 9.72. The van der Waals surface area contributed by atoms with E-state index in [-0.39, 0.29) is 11.9 Å². The number of benzene rings is 1. The first kappa shape index (κ1) is 19.5. The van der Waals surface area contributed by atoms with Crippen molar-refractivity contribution in [3.63, 3.8) is 0 Å². The molecule has 3 rings (SSSR count). The maximum atomic E-state index is 12.5. The van der Waals surface area contributed by atoms with Crippen molar-refractivity contribution in [2.75, 3.05) is 7.11 Å². The lowest BCUT2D eigenvalue weighted by molar-refractivity contribution is -0.152. The third-order valence-electron chi connectivity index (χ3n) is 5.97. The van der Waals surface area contributed by atoms with Crippen molar-refractivity contribution in [1.29, 1.82) is 0 Å². The summed E-state index contributed by atoms with van der Waals surface area (Å²) in [4.78, 5) is 14.1. The SMILES string of the molecule is CCn1nnc(CCC(c2ccc3c(c2)C(C)CC3)C(C)(C)C(=O)OC)n1. The van der Waals surface area contributed by atoms with Crippen LogP contribution in [0.3, 0.4) is 0 Å². The molecular weight excluding hydrogens is 340 g/mol. The summed E-state index contributed by atoms with van der Waals surface area (Å²) in [5, 5.41) is 12.6. The van der Waals surface area contributed by atoms with E-state index in [9.17, 15) is 4.79 Å². The van der Waals surface area contributed by atoms with Gasteiger partial charge in [-0.2, -0.15) is 4.80 Å². The lowest BCUT2D eigenvalue weighted by Crippen LogP contribution is -2.33. The zero-order valence-electron chi connectivity index (χ0n) is 17.0. The number of carbonyl (C=O) groups is 1. The topological polar surface area (TPSA) is 69.9 Å². The van der Waals surface area contributed by atoms with Crippen LogP contribution in [0.2, 0.25) is 0 Å². The molecule has 0 N–H and O–H groups in total. The average Bonchev–Trinajstić information content (AvgIpc) is 3.27. The van der Waals surface area contributed by atoms with Gasteiger partial charge in [-0.15, -0.1) is 10.2 Å². The Labute approximate surface area is 161 Å². The first-order valence-electron chi connectivity index (χ1n) is 9.84. The number of ether oxygens (including phenoxy) is 1. The van der Waals surface area contributed by atoms with Crippen LogP contribution in [0.15, 0.2) is 18.2 Å². The van der Waals surface area contributed by atoms with Gasteiger partial charge in [0.1, 0.15) is 0 Å². The summed E-state index contributed by atoms with van der Waals surface area (Å²) >= 11 is 0. The van der Waals surface area contributed by atoms with E-state index in [1.54, 1.807) is 4.80 Å². The highest BCUT2D eigenvalue weighted by Gasteiger charge is 2.39. The molecule has 0 radical (unpaired) electrons. The van der Waals surface area contributed by atoms with Gasteiger partial charge in [0.2, 0.25) is 0 Å². The molecule has 1 heterocycles. The summed E-state index contributed by atoms with van der Waals surface area (Å²) in [7, 11) is 1.46. The highest BCUT2D eigenvalue weighted by atomic mass is 16.5. The number of esters is 1. The molecular formula is C21H30N4O2. The molecule has 1 aromatic heterocycles. The Morgan fingerprint density at radius 1 is 1.41 bits per heavy atom. The first-order valence-corrected chi connectivity index (χ1v) is 9.84. The fourth-order valence-corrected chi connectivity index (χ4v) is 4.18. The monoisotopic (exact) mass is 370 g/mol. The number of rotatable bonds is 7. The smallest absolute Gasteiger partial charge is 0.311 e. The second-order valence-electron chi connectivity index (χ2n) is 8.10. The molecule has 2 unspecified atom stereocenters. The van der Waals surface area contributed by atoms with Gasteiger partial charge in [0, 0.05) is 6.42 Å². The van der Waals surface area contributed by atoms with Crippen molar-refractivity contribution >= 4 is 5.97 Å². The van der Waals surface area contributed by atoms with E-state index < -0.39 is 5.41 Å². The molecule has 1 aromatic carbocycles. The van der Waals surface area contributed by atoms with Gasteiger partial charge >= 0.3 is 5.97 Å². The van der Waals surface area contributed by atoms with Gasteiger partial charge in [0.15, 0.2) is 5.82 Å². The summed E-state index contributed by atoms with van der Waals surface area (Å²) in [6, 6.07) is 6.72. The fraction of sp³-hybridized carbons (Fsp3) is 0.619. The number of carbonyl (C=O) groups excluding carboxylic acids is 1. The molecule has 0 amide bonds. The van der Waals surface area contributed by atoms with Gasteiger partial charge in [-0.05, 0) is 73.8 Å². The molecule has 146 valence electrons. The second-order valence-corrected chi connectivity index (χ2v) is 8.10. The van der Waals surface area contributed by atoms with Crippen molar-refractivity contribution in [3.05, 3.63) is 40.7 Å². The average molecular weight is 370 g/mol. The predicted molar refractivity (Wildman–Crippen MR) is 104 cm³/mol. The number of methoxy groups -OCH3 is 1. The molecule has 27 heavy (non-hydrogen) atoms. The zero-order chi connectivity index (χ0) is 19.6. The van der Waals surface area contributed by atoms with Crippen molar-refractivity contribution in [2.24, 2.45) is 5.41 Å². The minimum atomic E-state index is -0.633. The van der Waals surface area contributed by atoms with Crippen LogP contribution in [0.25, 0.3) is 0 Å². The van der Waals surface area contributed by atoms with E-state index in [1.807, 2.05) is 20.8 Å². The van der Waals surface area contributed by atoms with E-state index >= 15 is 0 Å². The number of fused-ring (bicyclic) bond motifs is 1. The van der Waals surface area contributed by atoms with E-state index in [0.717, 1.165) is 18.7 Å². The Bertz CT molecular complexity index is 812. The largest absolute Gasteiger partial charge is 0.469 e. The summed E-state index contributed by atoms with van der Waals surface area (Å²) in [6.07, 6.45) is 3.79. The zero-order valence-corrected chi connectivity index (χ0v) is 17.0. The van der Waals surface area contributed by atoms with Gasteiger partial charge < -0.3 is 4.74 Å². The molecule has 6 heteroatoms. The molecule has 2 aromatic rings. The summed E-state index contributed by atoms with van der Waals surface area (Å²) in [6.45, 7) is 8.91. The van der Waals surface area contributed by atoms with Crippen LogP contribution >= 0.6 is 0 Å². The number of hydrogen-bond donors (Lipinski definition) is 0. The van der Waals surface area contributed by atoms with Crippen molar-refractivity contribution in [3.8, 4) is 0 Å². The van der Waals surface area contributed by atoms with Crippen LogP contribution in [0.1, 0.15) is 74.9 Å². The Morgan fingerprint density at radius 3 is 2.85 bits per heavy atom. The summed E-state index contributed by atoms with van der Waals surface area (Å²) in [5.41, 5.74) is 3.42. The van der Waals surface area contributed by atoms with E-state index in [4.69, 9.17) is 4.74 Å². The van der Waals surface area contributed by atoms with E-state index in [2.05, 4.69) is 40.5 Å². The number of aryl methyl sites for hydroxylation is 3. The van der Waals surface area contributed by atoms with Crippen molar-refractivity contribution in [1.82, 2.24) is 20.2 Å². The second kappa shape index (κ2) is 7.79. The van der Waals surface area contributed by atoms with Crippen molar-refractivity contribution in [2.45, 2.75) is 71.8 Å². The molecule has 0 aliphatic heterocycles. The van der Waals surface area contributed by atoms with Crippen LogP contribution in [0.5, 0.6) is 0 Å². The number of tetrazole rings is 1. The fourth-order valence-electron chi connectivity index (χ4n) is 4.18. The van der Waals surface area contributed by atoms with Gasteiger partial charge in [0.05, 0.1) is 19.1 Å². The van der Waals surface area contributed by atoms with Crippen LogP contribution in [0.4, 0.5) is 0 Å². The van der Waals surface area contributed by atoms with E-state index in [0.29, 0.717) is 18.9 Å². The Hall–Kier alpha value is -2.24. The molecule has 1 aliphatic carbocycles. The first-order chi connectivity index (χ1) is 12.9. The standard InChI is InChI=1S/C21H30N4O2/c1-6-25-23-19(22-24-25)12-11-18(21(3,4)20(26)27-5)16-10-9-15-8-7-14(2)17(15)13-16/h9-10,13-14,18H,6-8,11-12H2,1-5H3. The highest BCUT2D eigenvalue weighted by Crippen LogP contribution is 2.42. The summed E-state index contributed by atoms with van der Waals surface area (Å²) < 4.78 is 5.12. The lowest BCUT2D eigenvalue weighted by Gasteiger charge is -2.32. The number of aromatic nitrogens is 4. The number of nitrogens with zero attached hydrogens (tertiary/aromatic N) is 4. The van der Waals surface area contributed by atoms with Crippen LogP contribution in [0, 0.1) is 5.41 Å². The van der Waals surface area contributed by atoms with Gasteiger partial charge in [-0.1, -0.05) is 25.1 Å². The minimum absolute atomic E-state index is 0.0247. The van der Waals surface area contributed by atoms with Crippen LogP contribution < -0.4 is 0 Å². The van der Waals surface area contributed by atoms with Gasteiger partial charge in [-0.25, -0.2) is 0 Å². The van der Waals surface area contributed by atoms with Gasteiger partial charge in [0.25, 0.3) is 0 Å². The van der Waals surface area contributed by atoms with Crippen molar-refractivity contribution < 1.29 is 9.53 Å². The predicted octanol–water partition coefficient (Wildman–Crippen LogP) is 3.66.